The van der Waals surface area contributed by atoms with Gasteiger partial charge in [-0.05, 0) is 77.4 Å². The minimum absolute atomic E-state index is 0.616. The molecule has 0 spiro atoms. The molecule has 0 amide bonds. The fourth-order valence-corrected chi connectivity index (χ4v) is 7.28. The lowest BCUT2D eigenvalue weighted by Gasteiger charge is -2.18. The Bertz CT molecular complexity index is 2750. The molecule has 9 rings (SSSR count). The van der Waals surface area contributed by atoms with Crippen molar-refractivity contribution in [2.24, 2.45) is 0 Å². The molecule has 0 fully saturated rings. The molecule has 222 valence electrons. The summed E-state index contributed by atoms with van der Waals surface area (Å²) in [7, 11) is 0. The summed E-state index contributed by atoms with van der Waals surface area (Å²) in [5, 5.41) is 24.1. The van der Waals surface area contributed by atoms with Gasteiger partial charge in [-0.1, -0.05) is 97.1 Å². The van der Waals surface area contributed by atoms with E-state index in [1.807, 2.05) is 36.4 Å². The number of hydrogen-bond acceptors (Lipinski definition) is 2. The van der Waals surface area contributed by atoms with Crippen LogP contribution >= 0.6 is 0 Å². The highest BCUT2D eigenvalue weighted by Crippen LogP contribution is 2.40. The van der Waals surface area contributed by atoms with Gasteiger partial charge in [0.05, 0.1) is 51.0 Å². The number of nitriles is 2. The van der Waals surface area contributed by atoms with Gasteiger partial charge in [-0.15, -0.1) is 0 Å². The molecule has 9 aromatic rings. The molecule has 0 saturated carbocycles. The maximum Gasteiger partial charge on any atom is 0.0992 e. The van der Waals surface area contributed by atoms with Gasteiger partial charge in [0.2, 0.25) is 0 Å². The van der Waals surface area contributed by atoms with Crippen LogP contribution in [0.25, 0.3) is 77.2 Å². The van der Waals surface area contributed by atoms with Crippen LogP contribution in [0.4, 0.5) is 0 Å². The van der Waals surface area contributed by atoms with Crippen LogP contribution in [0.2, 0.25) is 0 Å². The predicted molar refractivity (Wildman–Crippen MR) is 195 cm³/mol. The van der Waals surface area contributed by atoms with Crippen molar-refractivity contribution in [1.82, 2.24) is 9.13 Å². The number of rotatable bonds is 4. The summed E-state index contributed by atoms with van der Waals surface area (Å²) in [6.45, 7) is 0. The minimum Gasteiger partial charge on any atom is -0.309 e. The Hall–Kier alpha value is -6.88. The Morgan fingerprint density at radius 3 is 1.52 bits per heavy atom. The first-order valence-corrected chi connectivity index (χ1v) is 15.9. The fraction of sp³-hybridized carbons (Fsp3) is 0. The zero-order valence-corrected chi connectivity index (χ0v) is 25.8. The van der Waals surface area contributed by atoms with Crippen LogP contribution in [0.1, 0.15) is 11.1 Å². The van der Waals surface area contributed by atoms with Crippen LogP contribution < -0.4 is 0 Å². The van der Waals surface area contributed by atoms with Crippen molar-refractivity contribution in [3.8, 4) is 45.8 Å². The molecule has 7 aromatic carbocycles. The maximum atomic E-state index is 9.97. The average Bonchev–Trinajstić information content (AvgIpc) is 3.67. The summed E-state index contributed by atoms with van der Waals surface area (Å²) in [5.41, 5.74) is 12.0. The lowest BCUT2D eigenvalue weighted by atomic mass is 9.92. The van der Waals surface area contributed by atoms with Crippen LogP contribution in [0.3, 0.4) is 0 Å². The van der Waals surface area contributed by atoms with Gasteiger partial charge < -0.3 is 9.13 Å². The van der Waals surface area contributed by atoms with E-state index in [1.54, 1.807) is 0 Å². The molecular weight excluding hydrogens is 585 g/mol. The van der Waals surface area contributed by atoms with Crippen LogP contribution in [0, 0.1) is 22.7 Å². The Morgan fingerprint density at radius 1 is 0.375 bits per heavy atom. The molecule has 0 unspecified atom stereocenters. The van der Waals surface area contributed by atoms with Crippen LogP contribution in [0.15, 0.2) is 158 Å². The van der Waals surface area contributed by atoms with Gasteiger partial charge in [0.1, 0.15) is 0 Å². The van der Waals surface area contributed by atoms with Crippen LogP contribution in [-0.4, -0.2) is 9.13 Å². The van der Waals surface area contributed by atoms with Crippen molar-refractivity contribution in [1.29, 1.82) is 10.5 Å². The van der Waals surface area contributed by atoms with E-state index < -0.39 is 0 Å². The summed E-state index contributed by atoms with van der Waals surface area (Å²) in [6, 6.07) is 59.0. The van der Waals surface area contributed by atoms with Crippen molar-refractivity contribution in [3.63, 3.8) is 0 Å². The molecule has 4 heteroatoms. The summed E-state index contributed by atoms with van der Waals surface area (Å²) in [5.74, 6) is 0. The first-order chi connectivity index (χ1) is 23.7. The zero-order valence-electron chi connectivity index (χ0n) is 25.8. The Kier molecular flexibility index (Phi) is 6.22. The normalized spacial score (nSPS) is 11.3. The summed E-state index contributed by atoms with van der Waals surface area (Å²) < 4.78 is 4.56. The maximum absolute atomic E-state index is 9.97. The van der Waals surface area contributed by atoms with Gasteiger partial charge in [0, 0.05) is 32.8 Å². The van der Waals surface area contributed by atoms with Gasteiger partial charge in [-0.25, -0.2) is 0 Å². The number of benzene rings is 7. The van der Waals surface area contributed by atoms with E-state index in [4.69, 9.17) is 0 Å². The summed E-state index contributed by atoms with van der Waals surface area (Å²) in [4.78, 5) is 0. The van der Waals surface area contributed by atoms with Gasteiger partial charge in [-0.3, -0.25) is 0 Å². The van der Waals surface area contributed by atoms with Crippen molar-refractivity contribution < 1.29 is 0 Å². The van der Waals surface area contributed by atoms with E-state index in [9.17, 15) is 10.5 Å². The largest absolute Gasteiger partial charge is 0.309 e. The second kappa shape index (κ2) is 10.9. The average molecular weight is 611 g/mol. The summed E-state index contributed by atoms with van der Waals surface area (Å²) >= 11 is 0. The Labute approximate surface area is 277 Å². The number of fused-ring (bicyclic) bond motifs is 6. The highest BCUT2D eigenvalue weighted by molar-refractivity contribution is 6.11. The van der Waals surface area contributed by atoms with E-state index in [1.165, 1.54) is 10.8 Å². The van der Waals surface area contributed by atoms with Crippen molar-refractivity contribution in [2.45, 2.75) is 0 Å². The van der Waals surface area contributed by atoms with E-state index in [-0.39, 0.29) is 0 Å². The standard InChI is InChI=1S/C44H26N4/c45-27-29-18-24-43-39(25-29)37-13-5-6-14-40(37)47(43)32-21-19-31(20-22-32)33-9-1-2-10-34(33)38-23-17-30(28-46)26-44(38)48-41-15-7-3-11-35(41)36-12-4-8-16-42(36)48/h1-26H. The van der Waals surface area contributed by atoms with Crippen LogP contribution in [0.5, 0.6) is 0 Å². The van der Waals surface area contributed by atoms with Crippen molar-refractivity contribution >= 4 is 43.6 Å². The van der Waals surface area contributed by atoms with Gasteiger partial charge in [-0.2, -0.15) is 10.5 Å². The molecule has 2 heterocycles. The first kappa shape index (κ1) is 27.4. The Morgan fingerprint density at radius 2 is 0.875 bits per heavy atom. The smallest absolute Gasteiger partial charge is 0.0992 e. The molecule has 48 heavy (non-hydrogen) atoms. The number of nitrogens with zero attached hydrogens (tertiary/aromatic N) is 4. The number of aromatic nitrogens is 2. The quantitative estimate of drug-likeness (QED) is 0.199. The second-order valence-corrected chi connectivity index (χ2v) is 12.0. The van der Waals surface area contributed by atoms with E-state index in [0.29, 0.717) is 11.1 Å². The first-order valence-electron chi connectivity index (χ1n) is 15.9. The molecule has 0 aliphatic rings. The van der Waals surface area contributed by atoms with E-state index >= 15 is 0 Å². The third-order valence-electron chi connectivity index (χ3n) is 9.40. The third kappa shape index (κ3) is 4.14. The molecule has 0 N–H and O–H groups in total. The lowest BCUT2D eigenvalue weighted by Crippen LogP contribution is -1.99. The Balaban J connectivity index is 1.22. The number of hydrogen-bond donors (Lipinski definition) is 0. The summed E-state index contributed by atoms with van der Waals surface area (Å²) in [6.07, 6.45) is 0. The van der Waals surface area contributed by atoms with Gasteiger partial charge in [0.15, 0.2) is 0 Å². The van der Waals surface area contributed by atoms with Gasteiger partial charge in [0.25, 0.3) is 0 Å². The SMILES string of the molecule is N#Cc1ccc(-c2ccccc2-c2ccc(-n3c4ccccc4c4cc(C#N)ccc43)cc2)c(-n2c3ccccc3c3ccccc32)c1. The minimum atomic E-state index is 0.616. The van der Waals surface area contributed by atoms with E-state index in [2.05, 4.69) is 143 Å². The molecule has 2 aromatic heterocycles. The third-order valence-corrected chi connectivity index (χ3v) is 9.40. The fourth-order valence-electron chi connectivity index (χ4n) is 7.28. The number of para-hydroxylation sites is 3. The molecule has 4 nitrogen and oxygen atoms in total. The predicted octanol–water partition coefficient (Wildman–Crippen LogP) is 11.0. The van der Waals surface area contributed by atoms with Gasteiger partial charge >= 0.3 is 0 Å². The highest BCUT2D eigenvalue weighted by Gasteiger charge is 2.19. The molecule has 0 bridgehead atoms. The molecule has 0 saturated heterocycles. The lowest BCUT2D eigenvalue weighted by molar-refractivity contribution is 1.18. The molecule has 0 radical (unpaired) electrons. The zero-order chi connectivity index (χ0) is 32.2. The van der Waals surface area contributed by atoms with E-state index in [0.717, 1.165) is 66.5 Å². The molecular formula is C44H26N4. The molecule has 0 aliphatic carbocycles. The molecule has 0 atom stereocenters. The topological polar surface area (TPSA) is 57.4 Å². The highest BCUT2D eigenvalue weighted by atomic mass is 15.0. The van der Waals surface area contributed by atoms with Crippen molar-refractivity contribution in [3.05, 3.63) is 169 Å². The molecule has 0 aliphatic heterocycles. The second-order valence-electron chi connectivity index (χ2n) is 12.0. The van der Waals surface area contributed by atoms with Crippen molar-refractivity contribution in [2.75, 3.05) is 0 Å². The van der Waals surface area contributed by atoms with Crippen LogP contribution in [-0.2, 0) is 0 Å². The monoisotopic (exact) mass is 610 g/mol.